The lowest BCUT2D eigenvalue weighted by Gasteiger charge is -2.07. The molecule has 5 heteroatoms. The van der Waals surface area contributed by atoms with E-state index in [0.29, 0.717) is 19.8 Å². The Labute approximate surface area is 106 Å². The van der Waals surface area contributed by atoms with Gasteiger partial charge in [-0.05, 0) is 24.6 Å². The summed E-state index contributed by atoms with van der Waals surface area (Å²) >= 11 is 0. The fourth-order valence-electron chi connectivity index (χ4n) is 1.54. The topological polar surface area (TPSA) is 41.5 Å². The fourth-order valence-corrected chi connectivity index (χ4v) is 1.54. The number of ether oxygens (including phenoxy) is 1. The van der Waals surface area contributed by atoms with Crippen molar-refractivity contribution < 1.29 is 18.6 Å². The highest BCUT2D eigenvalue weighted by molar-refractivity contribution is 5.24. The molecule has 0 bridgehead atoms. The summed E-state index contributed by atoms with van der Waals surface area (Å²) < 4.78 is 30.0. The van der Waals surface area contributed by atoms with Gasteiger partial charge in [-0.2, -0.15) is 0 Å². The predicted molar refractivity (Wildman–Crippen MR) is 65.6 cm³/mol. The lowest BCUT2D eigenvalue weighted by Crippen LogP contribution is -2.16. The van der Waals surface area contributed by atoms with Gasteiger partial charge in [-0.25, -0.2) is 8.78 Å². The van der Waals surface area contributed by atoms with Crippen LogP contribution in [0.25, 0.3) is 0 Å². The van der Waals surface area contributed by atoms with E-state index in [-0.39, 0.29) is 12.2 Å². The zero-order valence-corrected chi connectivity index (χ0v) is 10.2. The van der Waals surface area contributed by atoms with Crippen LogP contribution in [0.4, 0.5) is 8.78 Å². The molecule has 102 valence electrons. The van der Waals surface area contributed by atoms with Crippen molar-refractivity contribution in [1.29, 1.82) is 0 Å². The summed E-state index contributed by atoms with van der Waals surface area (Å²) in [4.78, 5) is 0. The molecule has 0 unspecified atom stereocenters. The van der Waals surface area contributed by atoms with Crippen LogP contribution in [0.15, 0.2) is 24.3 Å². The van der Waals surface area contributed by atoms with Crippen LogP contribution in [0.2, 0.25) is 0 Å². The second-order valence-electron chi connectivity index (χ2n) is 3.91. The molecule has 0 amide bonds. The van der Waals surface area contributed by atoms with Gasteiger partial charge in [-0.3, -0.25) is 0 Å². The van der Waals surface area contributed by atoms with E-state index in [9.17, 15) is 8.78 Å². The van der Waals surface area contributed by atoms with Crippen LogP contribution in [0.3, 0.4) is 0 Å². The number of nitrogens with one attached hydrogen (secondary N) is 1. The fraction of sp³-hybridized carbons (Fsp3) is 0.538. The highest BCUT2D eigenvalue weighted by atomic mass is 19.3. The minimum atomic E-state index is -2.42. The molecule has 0 saturated heterocycles. The van der Waals surface area contributed by atoms with E-state index >= 15 is 0 Å². The molecule has 0 aliphatic carbocycles. The molecule has 0 saturated carbocycles. The quantitative estimate of drug-likeness (QED) is 0.667. The van der Waals surface area contributed by atoms with E-state index < -0.39 is 6.43 Å². The third-order valence-corrected chi connectivity index (χ3v) is 2.41. The van der Waals surface area contributed by atoms with Gasteiger partial charge in [0.2, 0.25) is 0 Å². The van der Waals surface area contributed by atoms with E-state index in [1.165, 1.54) is 12.1 Å². The first-order valence-electron chi connectivity index (χ1n) is 6.00. The van der Waals surface area contributed by atoms with Gasteiger partial charge in [0.25, 0.3) is 6.43 Å². The van der Waals surface area contributed by atoms with Crippen molar-refractivity contribution in [2.45, 2.75) is 19.4 Å². The van der Waals surface area contributed by atoms with Crippen molar-refractivity contribution >= 4 is 0 Å². The monoisotopic (exact) mass is 259 g/mol. The number of hydrogen-bond acceptors (Lipinski definition) is 3. The summed E-state index contributed by atoms with van der Waals surface area (Å²) in [7, 11) is 0. The Balaban J connectivity index is 2.17. The van der Waals surface area contributed by atoms with Crippen molar-refractivity contribution in [2.75, 3.05) is 26.4 Å². The van der Waals surface area contributed by atoms with Crippen LogP contribution in [-0.2, 0) is 11.3 Å². The molecule has 1 rings (SSSR count). The lowest BCUT2D eigenvalue weighted by atomic mass is 10.1. The minimum Gasteiger partial charge on any atom is -0.394 e. The maximum atomic E-state index is 12.5. The molecule has 0 aliphatic rings. The number of alkyl halides is 2. The standard InChI is InChI=1S/C13H19F2NO2/c14-13(15)12-4-1-3-11(9-12)10-16-5-2-7-18-8-6-17/h1,3-4,9,13,16-17H,2,5-8,10H2. The third-order valence-electron chi connectivity index (χ3n) is 2.41. The van der Waals surface area contributed by atoms with Gasteiger partial charge in [-0.1, -0.05) is 18.2 Å². The molecule has 0 spiro atoms. The van der Waals surface area contributed by atoms with Gasteiger partial charge in [0, 0.05) is 18.7 Å². The Morgan fingerprint density at radius 2 is 2.11 bits per heavy atom. The molecule has 2 N–H and O–H groups in total. The maximum absolute atomic E-state index is 12.5. The Bertz CT molecular complexity index is 335. The molecule has 0 radical (unpaired) electrons. The molecule has 0 atom stereocenters. The average molecular weight is 259 g/mol. The molecule has 1 aromatic rings. The van der Waals surface area contributed by atoms with Crippen LogP contribution in [0.1, 0.15) is 24.0 Å². The zero-order chi connectivity index (χ0) is 13.2. The van der Waals surface area contributed by atoms with Gasteiger partial charge in [0.1, 0.15) is 0 Å². The number of benzene rings is 1. The first kappa shape index (κ1) is 15.0. The lowest BCUT2D eigenvalue weighted by molar-refractivity contribution is 0.0907. The van der Waals surface area contributed by atoms with Gasteiger partial charge in [-0.15, -0.1) is 0 Å². The molecule has 0 heterocycles. The van der Waals surface area contributed by atoms with Crippen LogP contribution in [0.5, 0.6) is 0 Å². The largest absolute Gasteiger partial charge is 0.394 e. The average Bonchev–Trinajstić information content (AvgIpc) is 2.38. The van der Waals surface area contributed by atoms with E-state index in [1.807, 2.05) is 6.07 Å². The van der Waals surface area contributed by atoms with Crippen molar-refractivity contribution in [3.63, 3.8) is 0 Å². The highest BCUT2D eigenvalue weighted by Gasteiger charge is 2.06. The van der Waals surface area contributed by atoms with E-state index in [2.05, 4.69) is 5.32 Å². The molecule has 1 aromatic carbocycles. The Morgan fingerprint density at radius 3 is 2.83 bits per heavy atom. The molecular weight excluding hydrogens is 240 g/mol. The highest BCUT2D eigenvalue weighted by Crippen LogP contribution is 2.19. The number of hydrogen-bond donors (Lipinski definition) is 2. The smallest absolute Gasteiger partial charge is 0.263 e. The van der Waals surface area contributed by atoms with Gasteiger partial charge >= 0.3 is 0 Å². The third kappa shape index (κ3) is 6.05. The summed E-state index contributed by atoms with van der Waals surface area (Å²) in [5, 5.41) is 11.6. The summed E-state index contributed by atoms with van der Waals surface area (Å²) in [5.74, 6) is 0. The van der Waals surface area contributed by atoms with Gasteiger partial charge in [0.05, 0.1) is 13.2 Å². The molecule has 0 aliphatic heterocycles. The summed E-state index contributed by atoms with van der Waals surface area (Å²) in [6.45, 7) is 2.31. The van der Waals surface area contributed by atoms with Crippen molar-refractivity contribution in [3.05, 3.63) is 35.4 Å². The second-order valence-corrected chi connectivity index (χ2v) is 3.91. The number of halogens is 2. The SMILES string of the molecule is OCCOCCCNCc1cccc(C(F)F)c1. The molecule has 0 fully saturated rings. The summed E-state index contributed by atoms with van der Waals surface area (Å²) in [6, 6.07) is 6.40. The van der Waals surface area contributed by atoms with Gasteiger partial charge < -0.3 is 15.2 Å². The van der Waals surface area contributed by atoms with Crippen LogP contribution in [0, 0.1) is 0 Å². The van der Waals surface area contributed by atoms with E-state index in [1.54, 1.807) is 6.07 Å². The minimum absolute atomic E-state index is 0.0356. The van der Waals surface area contributed by atoms with Crippen LogP contribution >= 0.6 is 0 Å². The predicted octanol–water partition coefficient (Wildman–Crippen LogP) is 2.11. The van der Waals surface area contributed by atoms with Crippen LogP contribution in [-0.4, -0.2) is 31.5 Å². The molecular formula is C13H19F2NO2. The maximum Gasteiger partial charge on any atom is 0.263 e. The van der Waals surface area contributed by atoms with E-state index in [0.717, 1.165) is 18.5 Å². The normalized spacial score (nSPS) is 11.1. The van der Waals surface area contributed by atoms with Crippen molar-refractivity contribution in [2.24, 2.45) is 0 Å². The summed E-state index contributed by atoms with van der Waals surface area (Å²) in [5.41, 5.74) is 0.907. The number of rotatable bonds is 9. The molecule has 0 aromatic heterocycles. The molecule has 3 nitrogen and oxygen atoms in total. The summed E-state index contributed by atoms with van der Waals surface area (Å²) in [6.07, 6.45) is -1.59. The second kappa shape index (κ2) is 8.97. The molecule has 18 heavy (non-hydrogen) atoms. The first-order chi connectivity index (χ1) is 8.74. The Hall–Kier alpha value is -1.04. The number of aliphatic hydroxyl groups excluding tert-OH is 1. The first-order valence-corrected chi connectivity index (χ1v) is 6.00. The number of aliphatic hydroxyl groups is 1. The van der Waals surface area contributed by atoms with E-state index in [4.69, 9.17) is 9.84 Å². The van der Waals surface area contributed by atoms with Crippen molar-refractivity contribution in [3.8, 4) is 0 Å². The Kier molecular flexibility index (Phi) is 7.48. The Morgan fingerprint density at radius 1 is 1.28 bits per heavy atom. The van der Waals surface area contributed by atoms with Crippen LogP contribution < -0.4 is 5.32 Å². The zero-order valence-electron chi connectivity index (χ0n) is 10.2. The van der Waals surface area contributed by atoms with Crippen molar-refractivity contribution in [1.82, 2.24) is 5.32 Å². The van der Waals surface area contributed by atoms with Gasteiger partial charge in [0.15, 0.2) is 0 Å².